The zero-order valence-corrected chi connectivity index (χ0v) is 14.2. The van der Waals surface area contributed by atoms with Gasteiger partial charge in [0.05, 0.1) is 0 Å². The summed E-state index contributed by atoms with van der Waals surface area (Å²) in [6.45, 7) is 1.81. The number of fused-ring (bicyclic) bond motifs is 1. The molecule has 0 saturated carbocycles. The lowest BCUT2D eigenvalue weighted by atomic mass is 9.97. The molecular formula is C21H27NO2. The lowest BCUT2D eigenvalue weighted by Crippen LogP contribution is -2.32. The van der Waals surface area contributed by atoms with E-state index in [1.807, 2.05) is 30.3 Å². The molecule has 2 aromatic rings. The zero-order valence-electron chi connectivity index (χ0n) is 14.2. The van der Waals surface area contributed by atoms with E-state index in [9.17, 15) is 5.11 Å². The SMILES string of the molecule is OC(CNCCC1=CCCCC1)COc1ccc2ccccc2c1. The lowest BCUT2D eigenvalue weighted by Gasteiger charge is -2.15. The molecule has 2 aromatic carbocycles. The van der Waals surface area contributed by atoms with E-state index in [2.05, 4.69) is 23.5 Å². The van der Waals surface area contributed by atoms with Gasteiger partial charge in [-0.05, 0) is 61.6 Å². The van der Waals surface area contributed by atoms with Crippen molar-refractivity contribution < 1.29 is 9.84 Å². The van der Waals surface area contributed by atoms with Gasteiger partial charge in [-0.3, -0.25) is 0 Å². The number of aliphatic hydroxyl groups excluding tert-OH is 1. The Hall–Kier alpha value is -1.84. The van der Waals surface area contributed by atoms with Crippen LogP contribution in [0.1, 0.15) is 32.1 Å². The molecular weight excluding hydrogens is 298 g/mol. The summed E-state index contributed by atoms with van der Waals surface area (Å²) in [5.41, 5.74) is 1.57. The van der Waals surface area contributed by atoms with Crippen molar-refractivity contribution in [2.45, 2.75) is 38.2 Å². The van der Waals surface area contributed by atoms with Crippen LogP contribution in [0.25, 0.3) is 10.8 Å². The number of ether oxygens (including phenoxy) is 1. The molecule has 2 N–H and O–H groups in total. The summed E-state index contributed by atoms with van der Waals surface area (Å²) < 4.78 is 5.72. The van der Waals surface area contributed by atoms with Gasteiger partial charge < -0.3 is 15.2 Å². The number of nitrogens with one attached hydrogen (secondary N) is 1. The topological polar surface area (TPSA) is 41.5 Å². The van der Waals surface area contributed by atoms with Gasteiger partial charge in [0, 0.05) is 6.54 Å². The number of rotatable bonds is 8. The van der Waals surface area contributed by atoms with Crippen molar-refractivity contribution in [1.29, 1.82) is 0 Å². The fourth-order valence-corrected chi connectivity index (χ4v) is 3.16. The van der Waals surface area contributed by atoms with Crippen molar-refractivity contribution in [3.8, 4) is 5.75 Å². The minimum absolute atomic E-state index is 0.314. The number of hydrogen-bond acceptors (Lipinski definition) is 3. The van der Waals surface area contributed by atoms with E-state index >= 15 is 0 Å². The Bertz CT molecular complexity index is 680. The zero-order chi connectivity index (χ0) is 16.6. The lowest BCUT2D eigenvalue weighted by molar-refractivity contribution is 0.107. The van der Waals surface area contributed by atoms with Crippen LogP contribution in [0.3, 0.4) is 0 Å². The second-order valence-electron chi connectivity index (χ2n) is 6.54. The molecule has 0 amide bonds. The van der Waals surface area contributed by atoms with Gasteiger partial charge in [-0.25, -0.2) is 0 Å². The van der Waals surface area contributed by atoms with Gasteiger partial charge in [0.25, 0.3) is 0 Å². The second-order valence-corrected chi connectivity index (χ2v) is 6.54. The predicted molar refractivity (Wildman–Crippen MR) is 99.5 cm³/mol. The highest BCUT2D eigenvalue weighted by Gasteiger charge is 2.07. The highest BCUT2D eigenvalue weighted by atomic mass is 16.5. The number of allylic oxidation sites excluding steroid dienone is 1. The van der Waals surface area contributed by atoms with Gasteiger partial charge in [0.1, 0.15) is 18.5 Å². The third kappa shape index (κ3) is 5.08. The first kappa shape index (κ1) is 17.0. The van der Waals surface area contributed by atoms with Crippen LogP contribution < -0.4 is 10.1 Å². The van der Waals surface area contributed by atoms with Crippen LogP contribution in [0.5, 0.6) is 5.75 Å². The minimum Gasteiger partial charge on any atom is -0.491 e. The Morgan fingerprint density at radius 2 is 1.96 bits per heavy atom. The minimum atomic E-state index is -0.489. The molecule has 0 fully saturated rings. The molecule has 24 heavy (non-hydrogen) atoms. The van der Waals surface area contributed by atoms with Crippen LogP contribution in [0.2, 0.25) is 0 Å². The van der Waals surface area contributed by atoms with Gasteiger partial charge in [-0.15, -0.1) is 0 Å². The third-order valence-corrected chi connectivity index (χ3v) is 4.55. The quantitative estimate of drug-likeness (QED) is 0.568. The molecule has 0 heterocycles. The standard InChI is InChI=1S/C21H27NO2/c23-20(15-22-13-12-17-6-2-1-3-7-17)16-24-21-11-10-18-8-4-5-9-19(18)14-21/h4-6,8-11,14,20,22-23H,1-3,7,12-13,15-16H2. The normalized spacial score (nSPS) is 16.0. The van der Waals surface area contributed by atoms with Crippen molar-refractivity contribution in [2.24, 2.45) is 0 Å². The molecule has 3 nitrogen and oxygen atoms in total. The number of hydrogen-bond donors (Lipinski definition) is 2. The van der Waals surface area contributed by atoms with Gasteiger partial charge >= 0.3 is 0 Å². The van der Waals surface area contributed by atoms with E-state index in [0.29, 0.717) is 13.2 Å². The van der Waals surface area contributed by atoms with Crippen molar-refractivity contribution in [3.63, 3.8) is 0 Å². The fourth-order valence-electron chi connectivity index (χ4n) is 3.16. The van der Waals surface area contributed by atoms with E-state index in [1.54, 1.807) is 5.57 Å². The van der Waals surface area contributed by atoms with Crippen LogP contribution in [0, 0.1) is 0 Å². The molecule has 3 rings (SSSR count). The molecule has 1 atom stereocenters. The van der Waals surface area contributed by atoms with Gasteiger partial charge in [-0.1, -0.05) is 42.0 Å². The van der Waals surface area contributed by atoms with Crippen LogP contribution in [0.4, 0.5) is 0 Å². The average molecular weight is 325 g/mol. The predicted octanol–water partition coefficient (Wildman–Crippen LogP) is 4.06. The van der Waals surface area contributed by atoms with E-state index in [4.69, 9.17) is 4.74 Å². The van der Waals surface area contributed by atoms with Crippen molar-refractivity contribution in [1.82, 2.24) is 5.32 Å². The molecule has 0 saturated heterocycles. The Morgan fingerprint density at radius 1 is 1.08 bits per heavy atom. The molecule has 0 aliphatic heterocycles. The van der Waals surface area contributed by atoms with E-state index < -0.39 is 6.10 Å². The van der Waals surface area contributed by atoms with E-state index in [0.717, 1.165) is 24.1 Å². The summed E-state index contributed by atoms with van der Waals surface area (Å²) in [7, 11) is 0. The smallest absolute Gasteiger partial charge is 0.120 e. The Labute approximate surface area is 144 Å². The van der Waals surface area contributed by atoms with Gasteiger partial charge in [-0.2, -0.15) is 0 Å². The first-order valence-corrected chi connectivity index (χ1v) is 8.99. The van der Waals surface area contributed by atoms with Crippen molar-refractivity contribution >= 4 is 10.8 Å². The third-order valence-electron chi connectivity index (χ3n) is 4.55. The van der Waals surface area contributed by atoms with Crippen molar-refractivity contribution in [3.05, 3.63) is 54.1 Å². The summed E-state index contributed by atoms with van der Waals surface area (Å²) in [5.74, 6) is 0.806. The molecule has 0 bridgehead atoms. The molecule has 1 aliphatic rings. The summed E-state index contributed by atoms with van der Waals surface area (Å²) in [6.07, 6.45) is 8.13. The number of benzene rings is 2. The maximum atomic E-state index is 10.1. The van der Waals surface area contributed by atoms with Crippen LogP contribution in [-0.4, -0.2) is 30.9 Å². The average Bonchev–Trinajstić information content (AvgIpc) is 2.64. The molecule has 1 aliphatic carbocycles. The molecule has 0 radical (unpaired) electrons. The highest BCUT2D eigenvalue weighted by molar-refractivity contribution is 5.83. The first-order valence-electron chi connectivity index (χ1n) is 8.99. The largest absolute Gasteiger partial charge is 0.491 e. The Kier molecular flexibility index (Phi) is 6.27. The fraction of sp³-hybridized carbons (Fsp3) is 0.429. The molecule has 0 aromatic heterocycles. The van der Waals surface area contributed by atoms with E-state index in [-0.39, 0.29) is 0 Å². The summed E-state index contributed by atoms with van der Waals surface area (Å²) >= 11 is 0. The van der Waals surface area contributed by atoms with Crippen LogP contribution in [0.15, 0.2) is 54.1 Å². The summed E-state index contributed by atoms with van der Waals surface area (Å²) in [5, 5.41) is 15.7. The molecule has 3 heteroatoms. The van der Waals surface area contributed by atoms with Gasteiger partial charge in [0.2, 0.25) is 0 Å². The van der Waals surface area contributed by atoms with Crippen molar-refractivity contribution in [2.75, 3.05) is 19.7 Å². The Balaban J connectivity index is 1.36. The molecule has 1 unspecified atom stereocenters. The number of aliphatic hydroxyl groups is 1. The molecule has 0 spiro atoms. The maximum absolute atomic E-state index is 10.1. The van der Waals surface area contributed by atoms with Crippen LogP contribution >= 0.6 is 0 Å². The Morgan fingerprint density at radius 3 is 2.79 bits per heavy atom. The highest BCUT2D eigenvalue weighted by Crippen LogP contribution is 2.21. The molecule has 128 valence electrons. The monoisotopic (exact) mass is 325 g/mol. The summed E-state index contributed by atoms with van der Waals surface area (Å²) in [4.78, 5) is 0. The first-order chi connectivity index (χ1) is 11.8. The van der Waals surface area contributed by atoms with Gasteiger partial charge in [0.15, 0.2) is 0 Å². The second kappa shape index (κ2) is 8.86. The van der Waals surface area contributed by atoms with Crippen LogP contribution in [-0.2, 0) is 0 Å². The maximum Gasteiger partial charge on any atom is 0.120 e. The summed E-state index contributed by atoms with van der Waals surface area (Å²) in [6, 6.07) is 14.2. The van der Waals surface area contributed by atoms with E-state index in [1.165, 1.54) is 31.1 Å².